The van der Waals surface area contributed by atoms with Crippen molar-refractivity contribution < 1.29 is 19.8 Å². The van der Waals surface area contributed by atoms with Crippen molar-refractivity contribution >= 4 is 11.9 Å². The largest absolute Gasteiger partial charge is 0.481 e. The number of carboxylic acids is 2. The fourth-order valence-electron chi connectivity index (χ4n) is 3.78. The summed E-state index contributed by atoms with van der Waals surface area (Å²) in [4.78, 5) is 20.1. The molecule has 2 rings (SSSR count). The molecule has 5 nitrogen and oxygen atoms in total. The van der Waals surface area contributed by atoms with Crippen LogP contribution in [0.2, 0.25) is 0 Å². The smallest absolute Gasteiger partial charge is 0.303 e. The SMILES string of the molecule is C1CCC(NC2CCCCC2)CC1.O=C(O)CCCCCCC(=O)O. The number of nitrogens with one attached hydrogen (secondary N) is 1. The van der Waals surface area contributed by atoms with E-state index in [1.165, 1.54) is 64.2 Å². The average molecular weight is 356 g/mol. The molecule has 2 aliphatic rings. The Labute approximate surface area is 152 Å². The second-order valence-corrected chi connectivity index (χ2v) is 7.54. The van der Waals surface area contributed by atoms with Gasteiger partial charge in [-0.15, -0.1) is 0 Å². The van der Waals surface area contributed by atoms with Crippen molar-refractivity contribution in [2.45, 2.75) is 115 Å². The molecule has 0 radical (unpaired) electrons. The van der Waals surface area contributed by atoms with Gasteiger partial charge in [0.2, 0.25) is 0 Å². The van der Waals surface area contributed by atoms with Gasteiger partial charge in [-0.25, -0.2) is 0 Å². The molecule has 0 aromatic rings. The highest BCUT2D eigenvalue weighted by Crippen LogP contribution is 2.22. The van der Waals surface area contributed by atoms with Gasteiger partial charge in [-0.05, 0) is 38.5 Å². The minimum absolute atomic E-state index is 0.188. The van der Waals surface area contributed by atoms with E-state index in [2.05, 4.69) is 5.32 Å². The van der Waals surface area contributed by atoms with Gasteiger partial charge >= 0.3 is 11.9 Å². The third kappa shape index (κ3) is 12.9. The van der Waals surface area contributed by atoms with Crippen LogP contribution in [0.5, 0.6) is 0 Å². The number of carbonyl (C=O) groups is 2. The van der Waals surface area contributed by atoms with Gasteiger partial charge < -0.3 is 15.5 Å². The average Bonchev–Trinajstić information content (AvgIpc) is 2.60. The summed E-state index contributed by atoms with van der Waals surface area (Å²) in [5.74, 6) is -1.57. The monoisotopic (exact) mass is 355 g/mol. The van der Waals surface area contributed by atoms with Crippen molar-refractivity contribution in [3.8, 4) is 0 Å². The molecular weight excluding hydrogens is 318 g/mol. The summed E-state index contributed by atoms with van der Waals surface area (Å²) in [7, 11) is 0. The Hall–Kier alpha value is -1.10. The van der Waals surface area contributed by atoms with Gasteiger partial charge in [-0.1, -0.05) is 51.4 Å². The molecule has 146 valence electrons. The van der Waals surface area contributed by atoms with Crippen LogP contribution in [-0.2, 0) is 9.59 Å². The molecule has 0 saturated heterocycles. The van der Waals surface area contributed by atoms with Gasteiger partial charge in [0.05, 0.1) is 0 Å². The lowest BCUT2D eigenvalue weighted by atomic mass is 9.91. The van der Waals surface area contributed by atoms with Crippen LogP contribution in [0.4, 0.5) is 0 Å². The molecule has 3 N–H and O–H groups in total. The summed E-state index contributed by atoms with van der Waals surface area (Å²) in [5, 5.41) is 20.4. The quantitative estimate of drug-likeness (QED) is 0.520. The first-order valence-electron chi connectivity index (χ1n) is 10.3. The molecule has 2 saturated carbocycles. The first-order valence-corrected chi connectivity index (χ1v) is 10.3. The van der Waals surface area contributed by atoms with Crippen LogP contribution in [0.1, 0.15) is 103 Å². The molecular formula is C20H37NO4. The number of hydrogen-bond acceptors (Lipinski definition) is 3. The van der Waals surface area contributed by atoms with Gasteiger partial charge in [-0.3, -0.25) is 9.59 Å². The van der Waals surface area contributed by atoms with E-state index in [9.17, 15) is 9.59 Å². The van der Waals surface area contributed by atoms with Crippen LogP contribution in [-0.4, -0.2) is 34.2 Å². The fourth-order valence-corrected chi connectivity index (χ4v) is 3.78. The van der Waals surface area contributed by atoms with E-state index in [-0.39, 0.29) is 12.8 Å². The fraction of sp³-hybridized carbons (Fsp3) is 0.900. The van der Waals surface area contributed by atoms with E-state index >= 15 is 0 Å². The first-order chi connectivity index (χ1) is 12.1. The van der Waals surface area contributed by atoms with Crippen molar-refractivity contribution in [3.63, 3.8) is 0 Å². The van der Waals surface area contributed by atoms with Crippen LogP contribution in [0.15, 0.2) is 0 Å². The standard InChI is InChI=1S/C12H23N.C8H14O4/c1-3-7-11(8-4-1)13-12-9-5-2-6-10-12;9-7(10)5-3-1-2-4-6-8(11)12/h11-13H,1-10H2;1-6H2,(H,9,10)(H,11,12). The maximum atomic E-state index is 10.0. The molecule has 0 aliphatic heterocycles. The van der Waals surface area contributed by atoms with E-state index < -0.39 is 11.9 Å². The molecule has 25 heavy (non-hydrogen) atoms. The van der Waals surface area contributed by atoms with E-state index in [1.54, 1.807) is 0 Å². The minimum Gasteiger partial charge on any atom is -0.481 e. The summed E-state index contributed by atoms with van der Waals surface area (Å²) in [6, 6.07) is 1.74. The Kier molecular flexibility index (Phi) is 12.4. The lowest BCUT2D eigenvalue weighted by Crippen LogP contribution is -2.40. The van der Waals surface area contributed by atoms with Gasteiger partial charge in [0, 0.05) is 24.9 Å². The Morgan fingerprint density at radius 2 is 1.00 bits per heavy atom. The second kappa shape index (κ2) is 14.1. The summed E-state index contributed by atoms with van der Waals surface area (Å²) in [6.07, 6.45) is 17.8. The number of aliphatic carboxylic acids is 2. The minimum atomic E-state index is -0.784. The van der Waals surface area contributed by atoms with Crippen molar-refractivity contribution in [1.29, 1.82) is 0 Å². The zero-order chi connectivity index (χ0) is 18.3. The number of rotatable bonds is 9. The van der Waals surface area contributed by atoms with Crippen molar-refractivity contribution in [1.82, 2.24) is 5.32 Å². The van der Waals surface area contributed by atoms with Crippen LogP contribution in [0.3, 0.4) is 0 Å². The zero-order valence-electron chi connectivity index (χ0n) is 15.7. The summed E-state index contributed by atoms with van der Waals surface area (Å²) >= 11 is 0. The molecule has 2 fully saturated rings. The molecule has 0 unspecified atom stereocenters. The van der Waals surface area contributed by atoms with Gasteiger partial charge in [0.1, 0.15) is 0 Å². The molecule has 0 aromatic heterocycles. The third-order valence-electron chi connectivity index (χ3n) is 5.21. The molecule has 0 amide bonds. The summed E-state index contributed by atoms with van der Waals surface area (Å²) in [6.45, 7) is 0. The van der Waals surface area contributed by atoms with E-state index in [1.807, 2.05) is 0 Å². The summed E-state index contributed by atoms with van der Waals surface area (Å²) in [5.41, 5.74) is 0. The number of carboxylic acid groups (broad SMARTS) is 2. The molecule has 2 aliphatic carbocycles. The molecule has 5 heteroatoms. The lowest BCUT2D eigenvalue weighted by molar-refractivity contribution is -0.138. The lowest BCUT2D eigenvalue weighted by Gasteiger charge is -2.30. The maximum absolute atomic E-state index is 10.0. The second-order valence-electron chi connectivity index (χ2n) is 7.54. The highest BCUT2D eigenvalue weighted by atomic mass is 16.4. The zero-order valence-corrected chi connectivity index (χ0v) is 15.7. The molecule has 0 atom stereocenters. The summed E-state index contributed by atoms with van der Waals surface area (Å²) < 4.78 is 0. The predicted molar refractivity (Wildman–Crippen MR) is 99.9 cm³/mol. The van der Waals surface area contributed by atoms with Crippen LogP contribution >= 0.6 is 0 Å². The van der Waals surface area contributed by atoms with Crippen molar-refractivity contribution in [2.75, 3.05) is 0 Å². The Balaban J connectivity index is 0.000000252. The highest BCUT2D eigenvalue weighted by Gasteiger charge is 2.19. The topological polar surface area (TPSA) is 86.6 Å². The third-order valence-corrected chi connectivity index (χ3v) is 5.21. The van der Waals surface area contributed by atoms with Crippen LogP contribution in [0.25, 0.3) is 0 Å². The highest BCUT2D eigenvalue weighted by molar-refractivity contribution is 5.66. The molecule has 0 spiro atoms. The van der Waals surface area contributed by atoms with Gasteiger partial charge in [-0.2, -0.15) is 0 Å². The van der Waals surface area contributed by atoms with Crippen LogP contribution in [0, 0.1) is 0 Å². The van der Waals surface area contributed by atoms with Gasteiger partial charge in [0.25, 0.3) is 0 Å². The van der Waals surface area contributed by atoms with Crippen molar-refractivity contribution in [2.24, 2.45) is 0 Å². The number of unbranched alkanes of at least 4 members (excludes halogenated alkanes) is 3. The Morgan fingerprint density at radius 1 is 0.640 bits per heavy atom. The Bertz CT molecular complexity index is 327. The van der Waals surface area contributed by atoms with E-state index in [0.717, 1.165) is 24.9 Å². The molecule has 0 aromatic carbocycles. The molecule has 0 bridgehead atoms. The Morgan fingerprint density at radius 3 is 1.32 bits per heavy atom. The molecule has 0 heterocycles. The first kappa shape index (κ1) is 21.9. The maximum Gasteiger partial charge on any atom is 0.303 e. The normalized spacial score (nSPS) is 19.0. The predicted octanol–water partition coefficient (Wildman–Crippen LogP) is 4.74. The van der Waals surface area contributed by atoms with E-state index in [4.69, 9.17) is 10.2 Å². The number of hydrogen-bond donors (Lipinski definition) is 3. The van der Waals surface area contributed by atoms with E-state index in [0.29, 0.717) is 12.8 Å². The van der Waals surface area contributed by atoms with Crippen molar-refractivity contribution in [3.05, 3.63) is 0 Å². The van der Waals surface area contributed by atoms with Crippen LogP contribution < -0.4 is 5.32 Å². The van der Waals surface area contributed by atoms with Gasteiger partial charge in [0.15, 0.2) is 0 Å².